The number of nitrogens with one attached hydrogen (secondary N) is 2. The average Bonchev–Trinajstić information content (AvgIpc) is 3.53. The van der Waals surface area contributed by atoms with Gasteiger partial charge in [-0.25, -0.2) is 15.3 Å². The van der Waals surface area contributed by atoms with Crippen molar-refractivity contribution >= 4 is 52.3 Å². The topological polar surface area (TPSA) is 90.4 Å². The van der Waals surface area contributed by atoms with Gasteiger partial charge in [-0.2, -0.15) is 5.10 Å². The van der Waals surface area contributed by atoms with Gasteiger partial charge in [-0.3, -0.25) is 9.59 Å². The van der Waals surface area contributed by atoms with Crippen LogP contribution in [-0.2, 0) is 15.0 Å². The van der Waals surface area contributed by atoms with E-state index in [2.05, 4.69) is 39.7 Å². The Morgan fingerprint density at radius 2 is 1.61 bits per heavy atom. The van der Waals surface area contributed by atoms with Crippen molar-refractivity contribution in [3.8, 4) is 0 Å². The maximum atomic E-state index is 14.5. The third kappa shape index (κ3) is 3.21. The lowest BCUT2D eigenvalue weighted by Crippen LogP contribution is -2.54. The lowest BCUT2D eigenvalue weighted by atomic mass is 9.47. The molecule has 1 saturated heterocycles. The molecule has 1 fully saturated rings. The Morgan fingerprint density at radius 1 is 0.927 bits per heavy atom. The van der Waals surface area contributed by atoms with E-state index in [-0.39, 0.29) is 17.7 Å². The number of hydrazone groups is 1. The summed E-state index contributed by atoms with van der Waals surface area (Å²) in [6.07, 6.45) is 1.81. The van der Waals surface area contributed by atoms with E-state index in [4.69, 9.17) is 16.7 Å². The number of para-hydroxylation sites is 2. The SMILES string of the molecule is Cc1ccc(N2C(=O)[C@H]3C4c5ccccc5C(/C=N\Nc5nc6ccccc6[nH]5)(c5ccccc54)[C@H]3C2=O)cc1Cl. The van der Waals surface area contributed by atoms with Crippen LogP contribution in [0.1, 0.15) is 33.7 Å². The third-order valence-corrected chi connectivity index (χ3v) is 9.33. The Bertz CT molecular complexity index is 1860. The summed E-state index contributed by atoms with van der Waals surface area (Å²) < 4.78 is 0. The highest BCUT2D eigenvalue weighted by molar-refractivity contribution is 6.32. The van der Waals surface area contributed by atoms with E-state index < -0.39 is 17.3 Å². The number of fused-ring (bicyclic) bond motifs is 1. The minimum atomic E-state index is -0.971. The standard InChI is InChI=1S/C33H24ClN5O2/c1-18-14-15-19(16-24(18)34)39-30(40)28-27-20-8-2-4-10-22(20)33(29(28)31(39)41,23-11-5-3-9-21(23)27)17-35-38-32-36-25-12-6-7-13-26(25)37-32/h2-17,27-29H,1H3,(H2,36,37,38)/b35-17-/t27?,28-,29+,33?/m0/s1. The van der Waals surface area contributed by atoms with E-state index in [9.17, 15) is 9.59 Å². The summed E-state index contributed by atoms with van der Waals surface area (Å²) in [6.45, 7) is 1.90. The van der Waals surface area contributed by atoms with Gasteiger partial charge in [0.15, 0.2) is 0 Å². The minimum absolute atomic E-state index is 0.211. The fourth-order valence-electron chi connectivity index (χ4n) is 7.23. The van der Waals surface area contributed by atoms with Crippen molar-refractivity contribution in [2.75, 3.05) is 10.3 Å². The lowest BCUT2D eigenvalue weighted by molar-refractivity contribution is -0.122. The highest BCUT2D eigenvalue weighted by Crippen LogP contribution is 2.63. The normalized spacial score (nSPS) is 24.1. The van der Waals surface area contributed by atoms with Gasteiger partial charge < -0.3 is 4.98 Å². The smallest absolute Gasteiger partial charge is 0.239 e. The Kier molecular flexibility index (Phi) is 5.06. The second-order valence-corrected chi connectivity index (χ2v) is 11.3. The number of imidazole rings is 1. The van der Waals surface area contributed by atoms with E-state index in [1.807, 2.05) is 67.7 Å². The van der Waals surface area contributed by atoms with Crippen molar-refractivity contribution < 1.29 is 9.59 Å². The van der Waals surface area contributed by atoms with Crippen LogP contribution in [0.25, 0.3) is 11.0 Å². The molecule has 2 N–H and O–H groups in total. The van der Waals surface area contributed by atoms with Gasteiger partial charge in [0.05, 0.1) is 34.0 Å². The maximum Gasteiger partial charge on any atom is 0.239 e. The molecule has 0 radical (unpaired) electrons. The van der Waals surface area contributed by atoms with Gasteiger partial charge in [0, 0.05) is 17.2 Å². The van der Waals surface area contributed by atoms with Gasteiger partial charge in [0.1, 0.15) is 0 Å². The number of nitrogens with zero attached hydrogens (tertiary/aromatic N) is 3. The van der Waals surface area contributed by atoms with E-state index in [0.717, 1.165) is 38.9 Å². The van der Waals surface area contributed by atoms with Crippen LogP contribution in [0.5, 0.6) is 0 Å². The number of carbonyl (C=O) groups excluding carboxylic acids is 2. The number of rotatable bonds is 4. The van der Waals surface area contributed by atoms with Crippen molar-refractivity contribution in [1.82, 2.24) is 9.97 Å². The summed E-state index contributed by atoms with van der Waals surface area (Å²) in [5.41, 5.74) is 9.25. The first-order valence-corrected chi connectivity index (χ1v) is 13.9. The first-order valence-electron chi connectivity index (χ1n) is 13.6. The average molecular weight is 558 g/mol. The van der Waals surface area contributed by atoms with Gasteiger partial charge in [-0.1, -0.05) is 78.3 Å². The number of aromatic nitrogens is 2. The second-order valence-electron chi connectivity index (χ2n) is 10.9. The molecule has 7 nitrogen and oxygen atoms in total. The zero-order valence-electron chi connectivity index (χ0n) is 22.0. The quantitative estimate of drug-likeness (QED) is 0.157. The summed E-state index contributed by atoms with van der Waals surface area (Å²) in [4.78, 5) is 37.9. The first-order chi connectivity index (χ1) is 20.0. The molecule has 1 aromatic heterocycles. The van der Waals surface area contributed by atoms with Crippen molar-refractivity contribution in [3.05, 3.63) is 124 Å². The molecule has 4 aromatic carbocycles. The molecule has 1 aliphatic heterocycles. The van der Waals surface area contributed by atoms with Crippen LogP contribution in [0.15, 0.2) is 96.1 Å². The lowest BCUT2D eigenvalue weighted by Gasteiger charge is -2.52. The van der Waals surface area contributed by atoms with Gasteiger partial charge in [0.2, 0.25) is 17.8 Å². The number of anilines is 2. The monoisotopic (exact) mass is 557 g/mol. The van der Waals surface area contributed by atoms with Crippen LogP contribution >= 0.6 is 11.6 Å². The molecule has 2 heterocycles. The van der Waals surface area contributed by atoms with Crippen LogP contribution in [0.3, 0.4) is 0 Å². The Hall–Kier alpha value is -4.75. The summed E-state index contributed by atoms with van der Waals surface area (Å²) in [5.74, 6) is -1.46. The molecule has 200 valence electrons. The number of aromatic amines is 1. The molecule has 41 heavy (non-hydrogen) atoms. The molecule has 2 bridgehead atoms. The predicted octanol–water partition coefficient (Wildman–Crippen LogP) is 6.17. The van der Waals surface area contributed by atoms with Crippen LogP contribution < -0.4 is 10.3 Å². The molecule has 8 heteroatoms. The number of H-pyrrole nitrogens is 1. The van der Waals surface area contributed by atoms with Crippen LogP contribution in [-0.4, -0.2) is 28.0 Å². The molecule has 4 aliphatic rings. The molecule has 2 atom stereocenters. The van der Waals surface area contributed by atoms with Crippen LogP contribution in [0, 0.1) is 18.8 Å². The molecular weight excluding hydrogens is 534 g/mol. The molecule has 0 unspecified atom stereocenters. The largest absolute Gasteiger partial charge is 0.323 e. The third-order valence-electron chi connectivity index (χ3n) is 8.93. The second kappa shape index (κ2) is 8.62. The summed E-state index contributed by atoms with van der Waals surface area (Å²) >= 11 is 6.45. The molecule has 9 rings (SSSR count). The zero-order valence-corrected chi connectivity index (χ0v) is 22.8. The van der Waals surface area contributed by atoms with Gasteiger partial charge in [-0.05, 0) is 59.0 Å². The van der Waals surface area contributed by atoms with E-state index >= 15 is 0 Å². The fourth-order valence-corrected chi connectivity index (χ4v) is 7.40. The van der Waals surface area contributed by atoms with E-state index in [0.29, 0.717) is 16.7 Å². The summed E-state index contributed by atoms with van der Waals surface area (Å²) in [6, 6.07) is 29.3. The minimum Gasteiger partial charge on any atom is -0.323 e. The predicted molar refractivity (Wildman–Crippen MR) is 159 cm³/mol. The number of halogens is 1. The molecule has 5 aromatic rings. The van der Waals surface area contributed by atoms with Gasteiger partial charge >= 0.3 is 0 Å². The number of amides is 2. The van der Waals surface area contributed by atoms with Crippen LogP contribution in [0.4, 0.5) is 11.6 Å². The van der Waals surface area contributed by atoms with E-state index in [1.165, 1.54) is 4.90 Å². The van der Waals surface area contributed by atoms with Crippen molar-refractivity contribution in [2.45, 2.75) is 18.3 Å². The Labute approximate surface area is 240 Å². The van der Waals surface area contributed by atoms with Gasteiger partial charge in [0.25, 0.3) is 0 Å². The number of carbonyl (C=O) groups is 2. The number of hydrogen-bond acceptors (Lipinski definition) is 5. The first kappa shape index (κ1) is 24.1. The van der Waals surface area contributed by atoms with Crippen molar-refractivity contribution in [3.63, 3.8) is 0 Å². The molecule has 2 amide bonds. The molecule has 0 saturated carbocycles. The maximum absolute atomic E-state index is 14.5. The number of aryl methyl sites for hydroxylation is 1. The molecule has 3 aliphatic carbocycles. The molecule has 0 spiro atoms. The fraction of sp³-hybridized carbons (Fsp3) is 0.152. The Balaban J connectivity index is 1.32. The van der Waals surface area contributed by atoms with Crippen LogP contribution in [0.2, 0.25) is 5.02 Å². The highest BCUT2D eigenvalue weighted by Gasteiger charge is 2.68. The molecular formula is C33H24ClN5O2. The van der Waals surface area contributed by atoms with Crippen molar-refractivity contribution in [2.24, 2.45) is 16.9 Å². The van der Waals surface area contributed by atoms with Gasteiger partial charge in [-0.15, -0.1) is 0 Å². The zero-order chi connectivity index (χ0) is 27.9. The summed E-state index contributed by atoms with van der Waals surface area (Å²) in [5, 5.41) is 5.21. The van der Waals surface area contributed by atoms with E-state index in [1.54, 1.807) is 12.1 Å². The number of benzene rings is 4. The summed E-state index contributed by atoms with van der Waals surface area (Å²) in [7, 11) is 0. The Morgan fingerprint density at radius 3 is 2.32 bits per heavy atom. The highest BCUT2D eigenvalue weighted by atomic mass is 35.5. The number of imide groups is 1. The van der Waals surface area contributed by atoms with Crippen molar-refractivity contribution in [1.29, 1.82) is 0 Å². The number of hydrogen-bond donors (Lipinski definition) is 2.